The number of anilines is 3. The highest BCUT2D eigenvalue weighted by Crippen LogP contribution is 2.27. The Bertz CT molecular complexity index is 837. The monoisotopic (exact) mass is 320 g/mol. The molecule has 3 rings (SSSR count). The molecule has 0 saturated heterocycles. The number of pyridine rings is 2. The summed E-state index contributed by atoms with van der Waals surface area (Å²) in [5.41, 5.74) is 1.83. The largest absolute Gasteiger partial charge is 0.495 e. The summed E-state index contributed by atoms with van der Waals surface area (Å²) < 4.78 is 5.32. The molecule has 6 nitrogen and oxygen atoms in total. The van der Waals surface area contributed by atoms with Crippen molar-refractivity contribution in [1.29, 1.82) is 0 Å². The fourth-order valence-corrected chi connectivity index (χ4v) is 2.20. The molecule has 1 amide bonds. The number of hydrogen-bond donors (Lipinski definition) is 2. The van der Waals surface area contributed by atoms with E-state index in [2.05, 4.69) is 20.6 Å². The molecule has 0 spiro atoms. The summed E-state index contributed by atoms with van der Waals surface area (Å²) in [7, 11) is 1.59. The van der Waals surface area contributed by atoms with Crippen molar-refractivity contribution in [3.63, 3.8) is 0 Å². The molecule has 0 unspecified atom stereocenters. The molecule has 0 aliphatic heterocycles. The third-order valence-corrected chi connectivity index (χ3v) is 3.35. The average molecular weight is 320 g/mol. The molecule has 24 heavy (non-hydrogen) atoms. The Balaban J connectivity index is 1.86. The zero-order valence-corrected chi connectivity index (χ0v) is 13.1. The standard InChI is InChI=1S/C18H16N4O2/c1-24-16-7-3-2-6-15(16)22-17-14(5-4-10-20-17)18(23)21-13-8-11-19-12-9-13/h2-12H,1H3,(H,20,22)(H,19,21,23). The maximum absolute atomic E-state index is 12.5. The van der Waals surface area contributed by atoms with E-state index in [-0.39, 0.29) is 5.91 Å². The maximum Gasteiger partial charge on any atom is 0.259 e. The second-order valence-corrected chi connectivity index (χ2v) is 4.91. The van der Waals surface area contributed by atoms with Crippen LogP contribution >= 0.6 is 0 Å². The van der Waals surface area contributed by atoms with Gasteiger partial charge in [-0.2, -0.15) is 0 Å². The van der Waals surface area contributed by atoms with E-state index >= 15 is 0 Å². The van der Waals surface area contributed by atoms with Crippen molar-refractivity contribution < 1.29 is 9.53 Å². The lowest BCUT2D eigenvalue weighted by Gasteiger charge is -2.13. The summed E-state index contributed by atoms with van der Waals surface area (Å²) in [6.07, 6.45) is 4.86. The number of para-hydroxylation sites is 2. The SMILES string of the molecule is COc1ccccc1Nc1ncccc1C(=O)Nc1ccncc1. The first-order valence-corrected chi connectivity index (χ1v) is 7.34. The lowest BCUT2D eigenvalue weighted by atomic mass is 10.2. The fraction of sp³-hybridized carbons (Fsp3) is 0.0556. The van der Waals surface area contributed by atoms with Crippen molar-refractivity contribution >= 4 is 23.1 Å². The molecule has 0 fully saturated rings. The predicted molar refractivity (Wildman–Crippen MR) is 92.7 cm³/mol. The first kappa shape index (κ1) is 15.5. The number of carbonyl (C=O) groups excluding carboxylic acids is 1. The molecule has 0 radical (unpaired) electrons. The molecular formula is C18H16N4O2. The third-order valence-electron chi connectivity index (χ3n) is 3.35. The number of benzene rings is 1. The summed E-state index contributed by atoms with van der Waals surface area (Å²) in [6, 6.07) is 14.3. The van der Waals surface area contributed by atoms with Gasteiger partial charge in [0.15, 0.2) is 0 Å². The quantitative estimate of drug-likeness (QED) is 0.752. The second-order valence-electron chi connectivity index (χ2n) is 4.91. The van der Waals surface area contributed by atoms with Crippen molar-refractivity contribution in [2.75, 3.05) is 17.7 Å². The molecule has 6 heteroatoms. The Morgan fingerprint density at radius 2 is 1.79 bits per heavy atom. The van der Waals surface area contributed by atoms with E-state index in [9.17, 15) is 4.79 Å². The minimum absolute atomic E-state index is 0.258. The van der Waals surface area contributed by atoms with Gasteiger partial charge in [-0.3, -0.25) is 9.78 Å². The van der Waals surface area contributed by atoms with Gasteiger partial charge in [0.25, 0.3) is 5.91 Å². The van der Waals surface area contributed by atoms with Gasteiger partial charge in [0.2, 0.25) is 0 Å². The number of methoxy groups -OCH3 is 1. The molecule has 1 aromatic carbocycles. The molecule has 2 heterocycles. The van der Waals surface area contributed by atoms with E-state index in [0.29, 0.717) is 22.8 Å². The van der Waals surface area contributed by atoms with Gasteiger partial charge >= 0.3 is 0 Å². The first-order valence-electron chi connectivity index (χ1n) is 7.34. The number of carbonyl (C=O) groups is 1. The second kappa shape index (κ2) is 7.23. The van der Waals surface area contributed by atoms with E-state index < -0.39 is 0 Å². The summed E-state index contributed by atoms with van der Waals surface area (Å²) in [6.45, 7) is 0. The van der Waals surface area contributed by atoms with E-state index in [0.717, 1.165) is 5.69 Å². The molecule has 0 atom stereocenters. The fourth-order valence-electron chi connectivity index (χ4n) is 2.20. The molecule has 3 aromatic rings. The van der Waals surface area contributed by atoms with Crippen molar-refractivity contribution in [3.05, 3.63) is 72.7 Å². The van der Waals surface area contributed by atoms with E-state index in [1.165, 1.54) is 0 Å². The van der Waals surface area contributed by atoms with Gasteiger partial charge in [0, 0.05) is 24.3 Å². The Hall–Kier alpha value is -3.41. The molecule has 0 aliphatic rings. The number of nitrogens with zero attached hydrogens (tertiary/aromatic N) is 2. The summed E-state index contributed by atoms with van der Waals surface area (Å²) >= 11 is 0. The van der Waals surface area contributed by atoms with Crippen LogP contribution in [0, 0.1) is 0 Å². The van der Waals surface area contributed by atoms with Gasteiger partial charge in [-0.05, 0) is 36.4 Å². The van der Waals surface area contributed by atoms with E-state index in [1.807, 2.05) is 24.3 Å². The zero-order chi connectivity index (χ0) is 16.8. The van der Waals surface area contributed by atoms with Crippen LogP contribution in [-0.4, -0.2) is 23.0 Å². The predicted octanol–water partition coefficient (Wildman–Crippen LogP) is 3.48. The highest BCUT2D eigenvalue weighted by molar-refractivity contribution is 6.07. The van der Waals surface area contributed by atoms with Crippen LogP contribution in [0.4, 0.5) is 17.2 Å². The smallest absolute Gasteiger partial charge is 0.259 e. The van der Waals surface area contributed by atoms with Crippen LogP contribution in [-0.2, 0) is 0 Å². The molecule has 0 bridgehead atoms. The van der Waals surface area contributed by atoms with Crippen molar-refractivity contribution in [3.8, 4) is 5.75 Å². The summed E-state index contributed by atoms with van der Waals surface area (Å²) in [5, 5.41) is 5.97. The van der Waals surface area contributed by atoms with Crippen LogP contribution in [0.5, 0.6) is 5.75 Å². The number of ether oxygens (including phenoxy) is 1. The Kier molecular flexibility index (Phi) is 4.67. The van der Waals surface area contributed by atoms with Crippen LogP contribution in [0.1, 0.15) is 10.4 Å². The molecule has 2 aromatic heterocycles. The van der Waals surface area contributed by atoms with E-state index in [1.54, 1.807) is 50.0 Å². The van der Waals surface area contributed by atoms with Crippen LogP contribution in [0.15, 0.2) is 67.1 Å². The van der Waals surface area contributed by atoms with Gasteiger partial charge in [-0.1, -0.05) is 12.1 Å². The lowest BCUT2D eigenvalue weighted by Crippen LogP contribution is -2.14. The van der Waals surface area contributed by atoms with Gasteiger partial charge in [-0.15, -0.1) is 0 Å². The topological polar surface area (TPSA) is 76.1 Å². The first-order chi connectivity index (χ1) is 11.8. The molecule has 120 valence electrons. The lowest BCUT2D eigenvalue weighted by molar-refractivity contribution is 0.102. The van der Waals surface area contributed by atoms with Crippen molar-refractivity contribution in [2.24, 2.45) is 0 Å². The molecule has 2 N–H and O–H groups in total. The zero-order valence-electron chi connectivity index (χ0n) is 13.1. The molecule has 0 aliphatic carbocycles. The van der Waals surface area contributed by atoms with Crippen molar-refractivity contribution in [2.45, 2.75) is 0 Å². The normalized spacial score (nSPS) is 10.0. The third kappa shape index (κ3) is 3.49. The number of aromatic nitrogens is 2. The highest BCUT2D eigenvalue weighted by Gasteiger charge is 2.14. The van der Waals surface area contributed by atoms with Crippen LogP contribution in [0.25, 0.3) is 0 Å². The molecular weight excluding hydrogens is 304 g/mol. The van der Waals surface area contributed by atoms with Crippen LogP contribution < -0.4 is 15.4 Å². The number of nitrogens with one attached hydrogen (secondary N) is 2. The van der Waals surface area contributed by atoms with Crippen LogP contribution in [0.3, 0.4) is 0 Å². The minimum atomic E-state index is -0.258. The van der Waals surface area contributed by atoms with Gasteiger partial charge in [0.05, 0.1) is 18.4 Å². The Morgan fingerprint density at radius 1 is 1.00 bits per heavy atom. The average Bonchev–Trinajstić information content (AvgIpc) is 2.63. The van der Waals surface area contributed by atoms with Gasteiger partial charge < -0.3 is 15.4 Å². The van der Waals surface area contributed by atoms with Crippen LogP contribution in [0.2, 0.25) is 0 Å². The Morgan fingerprint density at radius 3 is 2.58 bits per heavy atom. The number of hydrogen-bond acceptors (Lipinski definition) is 5. The van der Waals surface area contributed by atoms with E-state index in [4.69, 9.17) is 4.74 Å². The summed E-state index contributed by atoms with van der Waals surface area (Å²) in [4.78, 5) is 20.7. The minimum Gasteiger partial charge on any atom is -0.495 e. The summed E-state index contributed by atoms with van der Waals surface area (Å²) in [5.74, 6) is 0.865. The number of amides is 1. The maximum atomic E-state index is 12.5. The number of rotatable bonds is 5. The Labute approximate surface area is 139 Å². The highest BCUT2D eigenvalue weighted by atomic mass is 16.5. The molecule has 0 saturated carbocycles. The van der Waals surface area contributed by atoms with Gasteiger partial charge in [0.1, 0.15) is 11.6 Å². The van der Waals surface area contributed by atoms with Gasteiger partial charge in [-0.25, -0.2) is 4.98 Å². The van der Waals surface area contributed by atoms with Crippen molar-refractivity contribution in [1.82, 2.24) is 9.97 Å².